The molecule has 0 radical (unpaired) electrons. The average Bonchev–Trinajstić information content (AvgIpc) is 3.52. The lowest BCUT2D eigenvalue weighted by Crippen LogP contribution is -2.40. The van der Waals surface area contributed by atoms with E-state index in [1.807, 2.05) is 35.7 Å². The molecule has 1 N–H and O–H groups in total. The predicted molar refractivity (Wildman–Crippen MR) is 137 cm³/mol. The van der Waals surface area contributed by atoms with Crippen LogP contribution in [0.1, 0.15) is 79.8 Å². The maximum atomic E-state index is 13.5. The zero-order valence-electron chi connectivity index (χ0n) is 20.8. The van der Waals surface area contributed by atoms with Gasteiger partial charge in [-0.25, -0.2) is 0 Å². The Morgan fingerprint density at radius 2 is 1.74 bits per heavy atom. The minimum atomic E-state index is -0.118. The van der Waals surface area contributed by atoms with Crippen LogP contribution in [0.5, 0.6) is 0 Å². The van der Waals surface area contributed by atoms with Gasteiger partial charge in [0.2, 0.25) is 0 Å². The summed E-state index contributed by atoms with van der Waals surface area (Å²) in [7, 11) is 4.08. The maximum absolute atomic E-state index is 13.5. The molecule has 2 saturated carbocycles. The van der Waals surface area contributed by atoms with Gasteiger partial charge in [0.1, 0.15) is 0 Å². The molecular weight excluding hydrogens is 426 g/mol. The number of aromatic nitrogens is 3. The number of carbonyl (C=O) groups is 1. The fourth-order valence-electron chi connectivity index (χ4n) is 5.97. The van der Waals surface area contributed by atoms with Gasteiger partial charge in [0, 0.05) is 37.1 Å². The number of hydrogen-bond donors (Lipinski definition) is 1. The first-order valence-electron chi connectivity index (χ1n) is 12.9. The van der Waals surface area contributed by atoms with Gasteiger partial charge < -0.3 is 14.8 Å². The summed E-state index contributed by atoms with van der Waals surface area (Å²) in [6.45, 7) is 3.53. The van der Waals surface area contributed by atoms with Gasteiger partial charge in [-0.3, -0.25) is 14.3 Å². The summed E-state index contributed by atoms with van der Waals surface area (Å²) in [5.41, 5.74) is 3.09. The highest BCUT2D eigenvalue weighted by Gasteiger charge is 2.24. The van der Waals surface area contributed by atoms with E-state index < -0.39 is 0 Å². The molecule has 2 fully saturated rings. The molecule has 1 amide bonds. The van der Waals surface area contributed by atoms with Crippen molar-refractivity contribution in [3.05, 3.63) is 39.8 Å². The van der Waals surface area contributed by atoms with Crippen LogP contribution in [0.4, 0.5) is 0 Å². The number of amides is 1. The van der Waals surface area contributed by atoms with Gasteiger partial charge in [0.05, 0.1) is 28.7 Å². The van der Waals surface area contributed by atoms with Crippen molar-refractivity contribution in [3.63, 3.8) is 0 Å². The van der Waals surface area contributed by atoms with Crippen LogP contribution in [0.2, 0.25) is 0 Å². The van der Waals surface area contributed by atoms with E-state index in [9.17, 15) is 9.59 Å². The number of pyridine rings is 1. The van der Waals surface area contributed by atoms with Crippen molar-refractivity contribution in [1.29, 1.82) is 0 Å². The highest BCUT2D eigenvalue weighted by atomic mass is 16.2. The molecule has 2 aliphatic carbocycles. The number of aryl methyl sites for hydroxylation is 1. The second-order valence-corrected chi connectivity index (χ2v) is 10.5. The van der Waals surface area contributed by atoms with Crippen molar-refractivity contribution >= 4 is 27.7 Å². The third kappa shape index (κ3) is 4.26. The summed E-state index contributed by atoms with van der Waals surface area (Å²) in [5.74, 6) is 0.0303. The van der Waals surface area contributed by atoms with Crippen molar-refractivity contribution in [2.45, 2.75) is 76.8 Å². The summed E-state index contributed by atoms with van der Waals surface area (Å²) in [6.07, 6.45) is 12.7. The number of rotatable bonds is 6. The van der Waals surface area contributed by atoms with E-state index in [1.165, 1.54) is 44.9 Å². The summed E-state index contributed by atoms with van der Waals surface area (Å²) in [6, 6.07) is 4.87. The summed E-state index contributed by atoms with van der Waals surface area (Å²) < 4.78 is 2.03. The molecule has 2 aromatic heterocycles. The number of nitrogens with one attached hydrogen (secondary N) is 1. The zero-order chi connectivity index (χ0) is 23.8. The topological polar surface area (TPSA) is 74.2 Å². The van der Waals surface area contributed by atoms with Crippen LogP contribution in [-0.2, 0) is 0 Å². The van der Waals surface area contributed by atoms with Crippen LogP contribution in [0.15, 0.2) is 23.1 Å². The molecule has 2 aliphatic rings. The van der Waals surface area contributed by atoms with E-state index >= 15 is 0 Å². The monoisotopic (exact) mass is 463 g/mol. The first-order valence-corrected chi connectivity index (χ1v) is 12.9. The summed E-state index contributed by atoms with van der Waals surface area (Å²) >= 11 is 0. The molecular formula is C27H37N5O2. The molecule has 182 valence electrons. The van der Waals surface area contributed by atoms with Crippen LogP contribution in [-0.4, -0.2) is 63.7 Å². The lowest BCUT2D eigenvalue weighted by atomic mass is 9.94. The standard InChI is InChI=1S/C27H37N5O2/c1-18-15-24-22(25-23(26(33)29-24)17-28-32(25)20-11-7-8-12-20)16-21(18)27(34)31(3)14-13-30(2)19-9-5-4-6-10-19/h15-17,19-20H,4-14H2,1-3H3,(H,29,33). The molecule has 34 heavy (non-hydrogen) atoms. The minimum absolute atomic E-state index is 0.0303. The van der Waals surface area contributed by atoms with Gasteiger partial charge in [-0.2, -0.15) is 5.10 Å². The van der Waals surface area contributed by atoms with Gasteiger partial charge >= 0.3 is 0 Å². The molecule has 2 heterocycles. The van der Waals surface area contributed by atoms with Crippen molar-refractivity contribution in [2.24, 2.45) is 0 Å². The average molecular weight is 464 g/mol. The molecule has 7 nitrogen and oxygen atoms in total. The molecule has 3 aromatic rings. The number of fused-ring (bicyclic) bond motifs is 3. The first-order chi connectivity index (χ1) is 16.4. The van der Waals surface area contributed by atoms with E-state index in [0.717, 1.165) is 41.4 Å². The Balaban J connectivity index is 1.44. The fourth-order valence-corrected chi connectivity index (χ4v) is 5.97. The van der Waals surface area contributed by atoms with Crippen LogP contribution < -0.4 is 5.56 Å². The van der Waals surface area contributed by atoms with E-state index in [2.05, 4.69) is 22.0 Å². The number of H-pyrrole nitrogens is 1. The molecule has 0 aliphatic heterocycles. The Morgan fingerprint density at radius 1 is 1.03 bits per heavy atom. The van der Waals surface area contributed by atoms with Gasteiger partial charge in [-0.1, -0.05) is 32.1 Å². The number of aromatic amines is 1. The summed E-state index contributed by atoms with van der Waals surface area (Å²) in [5, 5.41) is 6.11. The third-order valence-corrected chi connectivity index (χ3v) is 8.14. The van der Waals surface area contributed by atoms with E-state index in [4.69, 9.17) is 0 Å². The quantitative estimate of drug-likeness (QED) is 0.578. The third-order valence-electron chi connectivity index (χ3n) is 8.14. The van der Waals surface area contributed by atoms with Crippen LogP contribution in [0, 0.1) is 6.92 Å². The first kappa shape index (κ1) is 23.1. The fraction of sp³-hybridized carbons (Fsp3) is 0.593. The highest BCUT2D eigenvalue weighted by molar-refractivity contribution is 6.07. The van der Waals surface area contributed by atoms with E-state index in [1.54, 1.807) is 6.20 Å². The number of carbonyl (C=O) groups excluding carboxylic acids is 1. The molecule has 1 aromatic carbocycles. The Bertz CT molecular complexity index is 1250. The largest absolute Gasteiger partial charge is 0.340 e. The molecule has 5 rings (SSSR count). The lowest BCUT2D eigenvalue weighted by Gasteiger charge is -2.32. The van der Waals surface area contributed by atoms with E-state index in [-0.39, 0.29) is 11.5 Å². The second kappa shape index (κ2) is 9.53. The van der Waals surface area contributed by atoms with Crippen molar-refractivity contribution in [2.75, 3.05) is 27.2 Å². The molecule has 0 saturated heterocycles. The number of likely N-dealkylation sites (N-methyl/N-ethyl adjacent to an activating group) is 2. The molecule has 0 bridgehead atoms. The number of nitrogens with zero attached hydrogens (tertiary/aromatic N) is 4. The van der Waals surface area contributed by atoms with Gasteiger partial charge in [-0.05, 0) is 57.4 Å². The predicted octanol–water partition coefficient (Wildman–Crippen LogP) is 4.64. The Hall–Kier alpha value is -2.67. The molecule has 0 atom stereocenters. The van der Waals surface area contributed by atoms with Gasteiger partial charge in [-0.15, -0.1) is 0 Å². The van der Waals surface area contributed by atoms with Crippen molar-refractivity contribution in [1.82, 2.24) is 24.6 Å². The lowest BCUT2D eigenvalue weighted by molar-refractivity contribution is 0.0767. The molecule has 7 heteroatoms. The van der Waals surface area contributed by atoms with Gasteiger partial charge in [0.25, 0.3) is 11.5 Å². The number of benzene rings is 1. The second-order valence-electron chi connectivity index (χ2n) is 10.5. The van der Waals surface area contributed by atoms with E-state index in [0.29, 0.717) is 29.6 Å². The van der Waals surface area contributed by atoms with Crippen LogP contribution in [0.3, 0.4) is 0 Å². The van der Waals surface area contributed by atoms with Crippen LogP contribution in [0.25, 0.3) is 21.8 Å². The molecule has 0 spiro atoms. The van der Waals surface area contributed by atoms with Crippen molar-refractivity contribution < 1.29 is 4.79 Å². The van der Waals surface area contributed by atoms with Crippen molar-refractivity contribution in [3.8, 4) is 0 Å². The minimum Gasteiger partial charge on any atom is -0.340 e. The van der Waals surface area contributed by atoms with Crippen LogP contribution >= 0.6 is 0 Å². The Labute approximate surface area is 201 Å². The zero-order valence-corrected chi connectivity index (χ0v) is 20.8. The SMILES string of the molecule is Cc1cc2[nH]c(=O)c3cnn(C4CCCC4)c3c2cc1C(=O)N(C)CCN(C)C1CCCCC1. The maximum Gasteiger partial charge on any atom is 0.259 e. The van der Waals surface area contributed by atoms with Gasteiger partial charge in [0.15, 0.2) is 0 Å². The summed E-state index contributed by atoms with van der Waals surface area (Å²) in [4.78, 5) is 33.5. The normalized spacial score (nSPS) is 17.9. The molecule has 0 unspecified atom stereocenters. The highest BCUT2D eigenvalue weighted by Crippen LogP contribution is 2.34. The smallest absolute Gasteiger partial charge is 0.259 e. The Kier molecular flexibility index (Phi) is 6.47. The number of hydrogen-bond acceptors (Lipinski definition) is 4. The Morgan fingerprint density at radius 3 is 2.47 bits per heavy atom.